The molecule has 0 spiro atoms. The number of hydrogen-bond donors (Lipinski definition) is 1. The topological polar surface area (TPSA) is 104 Å². The van der Waals surface area contributed by atoms with E-state index in [0.717, 1.165) is 53.1 Å². The van der Waals surface area contributed by atoms with Crippen molar-refractivity contribution in [2.24, 2.45) is 0 Å². The van der Waals surface area contributed by atoms with Gasteiger partial charge in [0.1, 0.15) is 11.6 Å². The third kappa shape index (κ3) is 8.31. The Labute approximate surface area is 306 Å². The maximum absolute atomic E-state index is 15.1. The quantitative estimate of drug-likeness (QED) is 0.0879. The standard InChI is InChI=1S/C37H33ClF6N2O6S/c1-37(2,3)24-12-19(11-23(13-24)20-5-6-20)16-46(27-10-8-21(36(48)49)14-28(27)52-4)29(47)18-45(17-22-7-9-25(39)15-26(22)38)53(50,51)35-33(43)31(41)30(40)32(42)34(35)44/h7-15,20H,5-6,16-18H2,1-4H3,(H,48,49). The van der Waals surface area contributed by atoms with Crippen molar-refractivity contribution in [3.63, 3.8) is 0 Å². The highest BCUT2D eigenvalue weighted by Gasteiger charge is 2.39. The number of halogens is 7. The normalized spacial score (nSPS) is 13.4. The second-order valence-electron chi connectivity index (χ2n) is 13.6. The average Bonchev–Trinajstić information content (AvgIpc) is 3.95. The van der Waals surface area contributed by atoms with Crippen LogP contribution in [0.15, 0.2) is 59.5 Å². The van der Waals surface area contributed by atoms with E-state index in [1.54, 1.807) is 0 Å². The van der Waals surface area contributed by atoms with Crippen LogP contribution in [-0.4, -0.2) is 43.4 Å². The van der Waals surface area contributed by atoms with Gasteiger partial charge in [0.2, 0.25) is 21.7 Å². The van der Waals surface area contributed by atoms with Crippen molar-refractivity contribution in [3.05, 3.63) is 122 Å². The summed E-state index contributed by atoms with van der Waals surface area (Å²) in [6.45, 7) is 3.43. The molecule has 1 fully saturated rings. The highest BCUT2D eigenvalue weighted by Crippen LogP contribution is 2.42. The van der Waals surface area contributed by atoms with Gasteiger partial charge in [0.15, 0.2) is 28.2 Å². The summed E-state index contributed by atoms with van der Waals surface area (Å²) in [6, 6.07) is 12.0. The molecule has 1 saturated carbocycles. The van der Waals surface area contributed by atoms with Crippen molar-refractivity contribution >= 4 is 39.2 Å². The number of carboxylic acid groups (broad SMARTS) is 1. The fourth-order valence-electron chi connectivity index (χ4n) is 5.66. The maximum atomic E-state index is 15.1. The molecule has 0 saturated heterocycles. The summed E-state index contributed by atoms with van der Waals surface area (Å²) in [7, 11) is -4.57. The number of carbonyl (C=O) groups is 2. The molecule has 1 aliphatic carbocycles. The Hall–Kier alpha value is -4.60. The maximum Gasteiger partial charge on any atom is 0.335 e. The monoisotopic (exact) mass is 782 g/mol. The number of carboxylic acids is 1. The van der Waals surface area contributed by atoms with Crippen LogP contribution in [0.25, 0.3) is 0 Å². The van der Waals surface area contributed by atoms with Crippen molar-refractivity contribution in [1.82, 2.24) is 4.31 Å². The van der Waals surface area contributed by atoms with Crippen molar-refractivity contribution in [2.45, 2.75) is 62.9 Å². The molecule has 1 amide bonds. The molecule has 0 heterocycles. The van der Waals surface area contributed by atoms with Crippen LogP contribution in [0.2, 0.25) is 5.02 Å². The number of aromatic carboxylic acids is 1. The number of anilines is 1. The number of amides is 1. The second-order valence-corrected chi connectivity index (χ2v) is 15.8. The molecular weight excluding hydrogens is 750 g/mol. The van der Waals surface area contributed by atoms with Gasteiger partial charge in [0.25, 0.3) is 0 Å². The zero-order valence-corrected chi connectivity index (χ0v) is 30.3. The minimum atomic E-state index is -5.77. The molecule has 1 aliphatic rings. The van der Waals surface area contributed by atoms with E-state index < -0.39 is 74.8 Å². The highest BCUT2D eigenvalue weighted by molar-refractivity contribution is 7.89. The number of sulfonamides is 1. The molecule has 0 radical (unpaired) electrons. The predicted octanol–water partition coefficient (Wildman–Crippen LogP) is 8.48. The lowest BCUT2D eigenvalue weighted by Gasteiger charge is -2.30. The Morgan fingerprint density at radius 2 is 1.49 bits per heavy atom. The number of hydrogen-bond acceptors (Lipinski definition) is 5. The van der Waals surface area contributed by atoms with Gasteiger partial charge in [0, 0.05) is 11.6 Å². The van der Waals surface area contributed by atoms with E-state index in [-0.39, 0.29) is 49.8 Å². The van der Waals surface area contributed by atoms with E-state index in [4.69, 9.17) is 16.3 Å². The Balaban J connectivity index is 1.68. The van der Waals surface area contributed by atoms with Gasteiger partial charge in [0.05, 0.1) is 31.5 Å². The van der Waals surface area contributed by atoms with E-state index in [0.29, 0.717) is 5.56 Å². The van der Waals surface area contributed by atoms with Gasteiger partial charge < -0.3 is 14.7 Å². The first kappa shape index (κ1) is 39.6. The van der Waals surface area contributed by atoms with Crippen molar-refractivity contribution in [3.8, 4) is 5.75 Å². The van der Waals surface area contributed by atoms with E-state index in [9.17, 15) is 40.7 Å². The summed E-state index contributed by atoms with van der Waals surface area (Å²) < 4.78 is 120. The van der Waals surface area contributed by atoms with Crippen LogP contribution >= 0.6 is 11.6 Å². The third-order valence-corrected chi connectivity index (χ3v) is 10.9. The molecule has 8 nitrogen and oxygen atoms in total. The molecule has 4 aromatic carbocycles. The molecule has 0 unspecified atom stereocenters. The first-order valence-corrected chi connectivity index (χ1v) is 17.9. The van der Waals surface area contributed by atoms with Crippen LogP contribution in [0.5, 0.6) is 5.75 Å². The lowest BCUT2D eigenvalue weighted by atomic mass is 9.84. The van der Waals surface area contributed by atoms with E-state index in [1.165, 1.54) is 19.2 Å². The van der Waals surface area contributed by atoms with Crippen LogP contribution < -0.4 is 9.64 Å². The predicted molar refractivity (Wildman–Crippen MR) is 183 cm³/mol. The zero-order valence-electron chi connectivity index (χ0n) is 28.7. The summed E-state index contributed by atoms with van der Waals surface area (Å²) in [5.41, 5.74) is 1.70. The van der Waals surface area contributed by atoms with Gasteiger partial charge in [-0.2, -0.15) is 4.31 Å². The average molecular weight is 783 g/mol. The molecule has 5 rings (SSSR count). The summed E-state index contributed by atoms with van der Waals surface area (Å²) in [4.78, 5) is 25.1. The smallest absolute Gasteiger partial charge is 0.335 e. The van der Waals surface area contributed by atoms with Gasteiger partial charge in [-0.3, -0.25) is 4.79 Å². The molecule has 0 aliphatic heterocycles. The lowest BCUT2D eigenvalue weighted by molar-refractivity contribution is -0.119. The molecule has 282 valence electrons. The molecule has 16 heteroatoms. The molecule has 4 aromatic rings. The zero-order chi connectivity index (χ0) is 39.2. The number of methoxy groups -OCH3 is 1. The minimum Gasteiger partial charge on any atom is -0.495 e. The molecule has 0 aromatic heterocycles. The van der Waals surface area contributed by atoms with Crippen molar-refractivity contribution in [1.29, 1.82) is 0 Å². The molecule has 53 heavy (non-hydrogen) atoms. The summed E-state index contributed by atoms with van der Waals surface area (Å²) >= 11 is 6.14. The first-order valence-electron chi connectivity index (χ1n) is 16.1. The number of rotatable bonds is 12. The highest BCUT2D eigenvalue weighted by atomic mass is 35.5. The number of carbonyl (C=O) groups excluding carboxylic acids is 1. The Morgan fingerprint density at radius 1 is 0.868 bits per heavy atom. The SMILES string of the molecule is COc1cc(C(=O)O)ccc1N(Cc1cc(C2CC2)cc(C(C)(C)C)c1)C(=O)CN(Cc1ccc(F)cc1Cl)S(=O)(=O)c1c(F)c(F)c(F)c(F)c1F. The van der Waals surface area contributed by atoms with Gasteiger partial charge in [-0.1, -0.05) is 56.6 Å². The van der Waals surface area contributed by atoms with Crippen LogP contribution in [-0.2, 0) is 33.3 Å². The Bertz CT molecular complexity index is 2200. The van der Waals surface area contributed by atoms with Crippen molar-refractivity contribution < 1.29 is 54.2 Å². The van der Waals surface area contributed by atoms with Gasteiger partial charge in [-0.25, -0.2) is 39.6 Å². The lowest BCUT2D eigenvalue weighted by Crippen LogP contribution is -2.43. The van der Waals surface area contributed by atoms with E-state index in [2.05, 4.69) is 6.07 Å². The summed E-state index contributed by atoms with van der Waals surface area (Å²) in [5.74, 6) is -16.1. The van der Waals surface area contributed by atoms with Gasteiger partial charge in [-0.05, 0) is 76.8 Å². The molecule has 1 N–H and O–H groups in total. The first-order chi connectivity index (χ1) is 24.7. The summed E-state index contributed by atoms with van der Waals surface area (Å²) in [5, 5.41) is 9.22. The van der Waals surface area contributed by atoms with Crippen LogP contribution in [0.3, 0.4) is 0 Å². The largest absolute Gasteiger partial charge is 0.495 e. The van der Waals surface area contributed by atoms with Gasteiger partial charge in [-0.15, -0.1) is 0 Å². The van der Waals surface area contributed by atoms with Crippen LogP contribution in [0.4, 0.5) is 32.0 Å². The molecule has 0 atom stereocenters. The molecular formula is C37H33ClF6N2O6S. The molecule has 0 bridgehead atoms. The fraction of sp³-hybridized carbons (Fsp3) is 0.297. The third-order valence-electron chi connectivity index (χ3n) is 8.73. The fourth-order valence-corrected chi connectivity index (χ4v) is 7.37. The Kier molecular flexibility index (Phi) is 11.2. The minimum absolute atomic E-state index is 0.0370. The number of ether oxygens (including phenoxy) is 1. The number of nitrogens with zero attached hydrogens (tertiary/aromatic N) is 2. The number of benzene rings is 4. The van der Waals surface area contributed by atoms with Crippen molar-refractivity contribution in [2.75, 3.05) is 18.6 Å². The second kappa shape index (κ2) is 15.0. The van der Waals surface area contributed by atoms with Gasteiger partial charge >= 0.3 is 5.97 Å². The van der Waals surface area contributed by atoms with E-state index >= 15 is 8.78 Å². The van der Waals surface area contributed by atoms with Crippen LogP contribution in [0, 0.1) is 34.9 Å². The van der Waals surface area contributed by atoms with Crippen LogP contribution in [0.1, 0.15) is 72.1 Å². The summed E-state index contributed by atoms with van der Waals surface area (Å²) in [6.07, 6.45) is 1.88. The van der Waals surface area contributed by atoms with E-state index in [1.807, 2.05) is 32.9 Å². The Morgan fingerprint density at radius 3 is 2.04 bits per heavy atom.